The lowest BCUT2D eigenvalue weighted by atomic mass is 9.91. The molecule has 2 nitrogen and oxygen atoms in total. The van der Waals surface area contributed by atoms with Crippen molar-refractivity contribution in [3.63, 3.8) is 0 Å². The van der Waals surface area contributed by atoms with E-state index in [1.807, 2.05) is 26.0 Å². The number of rotatable bonds is 4. The van der Waals surface area contributed by atoms with E-state index in [1.165, 1.54) is 0 Å². The van der Waals surface area contributed by atoms with E-state index >= 15 is 0 Å². The smallest absolute Gasteiger partial charge is 0.119 e. The van der Waals surface area contributed by atoms with Gasteiger partial charge in [0, 0.05) is 12.5 Å². The Labute approximate surface area is 90.2 Å². The summed E-state index contributed by atoms with van der Waals surface area (Å²) in [6, 6.07) is 3.83. The van der Waals surface area contributed by atoms with Gasteiger partial charge in [0.2, 0.25) is 0 Å². The maximum atomic E-state index is 12.8. The zero-order valence-electron chi connectivity index (χ0n) is 9.51. The van der Waals surface area contributed by atoms with Gasteiger partial charge in [0.05, 0.1) is 13.8 Å². The molecule has 0 amide bonds. The Hall–Kier alpha value is -1.09. The lowest BCUT2D eigenvalue weighted by molar-refractivity contribution is 0.411. The summed E-state index contributed by atoms with van der Waals surface area (Å²) < 4.78 is 17.9. The summed E-state index contributed by atoms with van der Waals surface area (Å²) in [5.74, 6) is 0.610. The molecule has 1 unspecified atom stereocenters. The molecular weight excluding hydrogens is 193 g/mol. The van der Waals surface area contributed by atoms with Gasteiger partial charge in [-0.05, 0) is 42.7 Å². The molecule has 15 heavy (non-hydrogen) atoms. The molecule has 0 radical (unpaired) electrons. The molecule has 0 heterocycles. The highest BCUT2D eigenvalue weighted by molar-refractivity contribution is 5.43. The molecule has 84 valence electrons. The first-order valence-corrected chi connectivity index (χ1v) is 5.05. The minimum Gasteiger partial charge on any atom is -0.497 e. The zero-order chi connectivity index (χ0) is 11.4. The average molecular weight is 211 g/mol. The molecule has 1 rings (SSSR count). The van der Waals surface area contributed by atoms with Crippen LogP contribution in [0.5, 0.6) is 5.75 Å². The van der Waals surface area contributed by atoms with E-state index in [0.29, 0.717) is 6.54 Å². The summed E-state index contributed by atoms with van der Waals surface area (Å²) in [6.07, 6.45) is 0. The number of halogens is 1. The highest BCUT2D eigenvalue weighted by Crippen LogP contribution is 2.27. The molecule has 0 aromatic heterocycles. The number of methoxy groups -OCH3 is 1. The summed E-state index contributed by atoms with van der Waals surface area (Å²) >= 11 is 0. The van der Waals surface area contributed by atoms with Crippen LogP contribution in [0.4, 0.5) is 4.39 Å². The highest BCUT2D eigenvalue weighted by Gasteiger charge is 2.15. The monoisotopic (exact) mass is 211 g/mol. The van der Waals surface area contributed by atoms with Crippen molar-refractivity contribution in [3.8, 4) is 5.75 Å². The van der Waals surface area contributed by atoms with Crippen LogP contribution in [0, 0.1) is 13.8 Å². The second-order valence-corrected chi connectivity index (χ2v) is 3.76. The Balaban J connectivity index is 3.18. The second kappa shape index (κ2) is 5.12. The summed E-state index contributed by atoms with van der Waals surface area (Å²) in [6.45, 7) is 3.85. The molecule has 0 spiro atoms. The SMILES string of the molecule is COc1cc(C)c(C(CN)CF)c(C)c1. The molecule has 2 N–H and O–H groups in total. The van der Waals surface area contributed by atoms with Gasteiger partial charge < -0.3 is 10.5 Å². The first kappa shape index (κ1) is 12.0. The van der Waals surface area contributed by atoms with Gasteiger partial charge in [-0.1, -0.05) is 0 Å². The number of aryl methyl sites for hydroxylation is 2. The van der Waals surface area contributed by atoms with Gasteiger partial charge in [-0.15, -0.1) is 0 Å². The van der Waals surface area contributed by atoms with E-state index in [-0.39, 0.29) is 5.92 Å². The van der Waals surface area contributed by atoms with Crippen LogP contribution in [0.3, 0.4) is 0 Å². The molecule has 0 bridgehead atoms. The quantitative estimate of drug-likeness (QED) is 0.829. The molecule has 0 saturated carbocycles. The van der Waals surface area contributed by atoms with Crippen molar-refractivity contribution in [2.75, 3.05) is 20.3 Å². The molecule has 0 aliphatic heterocycles. The molecule has 1 atom stereocenters. The van der Waals surface area contributed by atoms with E-state index in [4.69, 9.17) is 10.5 Å². The molecular formula is C12H18FNO. The van der Waals surface area contributed by atoms with E-state index in [9.17, 15) is 4.39 Å². The fourth-order valence-corrected chi connectivity index (χ4v) is 1.95. The van der Waals surface area contributed by atoms with Crippen LogP contribution >= 0.6 is 0 Å². The van der Waals surface area contributed by atoms with Crippen molar-refractivity contribution in [2.24, 2.45) is 5.73 Å². The standard InChI is InChI=1S/C12H18FNO/c1-8-4-11(15-3)5-9(2)12(8)10(6-13)7-14/h4-5,10H,6-7,14H2,1-3H3. The molecule has 1 aromatic rings. The second-order valence-electron chi connectivity index (χ2n) is 3.76. The summed E-state index contributed by atoms with van der Waals surface area (Å²) in [4.78, 5) is 0. The van der Waals surface area contributed by atoms with Gasteiger partial charge in [-0.2, -0.15) is 0 Å². The van der Waals surface area contributed by atoms with Gasteiger partial charge >= 0.3 is 0 Å². The van der Waals surface area contributed by atoms with Gasteiger partial charge in [0.15, 0.2) is 0 Å². The number of benzene rings is 1. The van der Waals surface area contributed by atoms with Gasteiger partial charge in [0.25, 0.3) is 0 Å². The number of ether oxygens (including phenoxy) is 1. The number of hydrogen-bond donors (Lipinski definition) is 1. The van der Waals surface area contributed by atoms with Crippen molar-refractivity contribution in [1.29, 1.82) is 0 Å². The molecule has 0 aliphatic carbocycles. The highest BCUT2D eigenvalue weighted by atomic mass is 19.1. The Morgan fingerprint density at radius 3 is 2.20 bits per heavy atom. The fraction of sp³-hybridized carbons (Fsp3) is 0.500. The van der Waals surface area contributed by atoms with E-state index < -0.39 is 6.67 Å². The number of hydrogen-bond acceptors (Lipinski definition) is 2. The van der Waals surface area contributed by atoms with Crippen molar-refractivity contribution in [3.05, 3.63) is 28.8 Å². The van der Waals surface area contributed by atoms with Crippen LogP contribution in [0.15, 0.2) is 12.1 Å². The molecule has 1 aromatic carbocycles. The molecule has 0 fully saturated rings. The van der Waals surface area contributed by atoms with Gasteiger partial charge in [-0.3, -0.25) is 4.39 Å². The topological polar surface area (TPSA) is 35.2 Å². The predicted molar refractivity (Wildman–Crippen MR) is 60.2 cm³/mol. The lowest BCUT2D eigenvalue weighted by Crippen LogP contribution is -2.16. The average Bonchev–Trinajstić information content (AvgIpc) is 2.23. The van der Waals surface area contributed by atoms with E-state index in [2.05, 4.69) is 0 Å². The molecule has 0 saturated heterocycles. The van der Waals surface area contributed by atoms with Crippen LogP contribution in [0.2, 0.25) is 0 Å². The third kappa shape index (κ3) is 2.48. The number of alkyl halides is 1. The van der Waals surface area contributed by atoms with Crippen LogP contribution < -0.4 is 10.5 Å². The summed E-state index contributed by atoms with van der Waals surface area (Å²) in [7, 11) is 1.63. The van der Waals surface area contributed by atoms with E-state index in [0.717, 1.165) is 22.4 Å². The van der Waals surface area contributed by atoms with Gasteiger partial charge in [0.1, 0.15) is 5.75 Å². The van der Waals surface area contributed by atoms with Crippen LogP contribution in [0.1, 0.15) is 22.6 Å². The molecule has 3 heteroatoms. The minimum atomic E-state index is -0.412. The zero-order valence-corrected chi connectivity index (χ0v) is 9.51. The van der Waals surface area contributed by atoms with Crippen molar-refractivity contribution >= 4 is 0 Å². The summed E-state index contributed by atoms with van der Waals surface area (Å²) in [5.41, 5.74) is 8.65. The van der Waals surface area contributed by atoms with Crippen LogP contribution in [-0.2, 0) is 0 Å². The third-order valence-corrected chi connectivity index (χ3v) is 2.68. The Bertz CT molecular complexity index is 311. The van der Waals surface area contributed by atoms with E-state index in [1.54, 1.807) is 7.11 Å². The Morgan fingerprint density at radius 1 is 1.33 bits per heavy atom. The maximum Gasteiger partial charge on any atom is 0.119 e. The Kier molecular flexibility index (Phi) is 4.09. The normalized spacial score (nSPS) is 12.6. The summed E-state index contributed by atoms with van der Waals surface area (Å²) in [5, 5.41) is 0. The fourth-order valence-electron chi connectivity index (χ4n) is 1.95. The molecule has 0 aliphatic rings. The predicted octanol–water partition coefficient (Wildman–Crippen LogP) is 2.32. The van der Waals surface area contributed by atoms with Crippen LogP contribution in [-0.4, -0.2) is 20.3 Å². The number of nitrogens with two attached hydrogens (primary N) is 1. The lowest BCUT2D eigenvalue weighted by Gasteiger charge is -2.18. The third-order valence-electron chi connectivity index (χ3n) is 2.68. The van der Waals surface area contributed by atoms with Gasteiger partial charge in [-0.25, -0.2) is 0 Å². The van der Waals surface area contributed by atoms with Crippen molar-refractivity contribution in [1.82, 2.24) is 0 Å². The van der Waals surface area contributed by atoms with Crippen molar-refractivity contribution < 1.29 is 9.13 Å². The maximum absolute atomic E-state index is 12.8. The minimum absolute atomic E-state index is 0.198. The van der Waals surface area contributed by atoms with Crippen molar-refractivity contribution in [2.45, 2.75) is 19.8 Å². The first-order valence-electron chi connectivity index (χ1n) is 5.05. The largest absolute Gasteiger partial charge is 0.497 e. The van der Waals surface area contributed by atoms with Crippen LogP contribution in [0.25, 0.3) is 0 Å². The first-order chi connectivity index (χ1) is 7.13. The Morgan fingerprint density at radius 2 is 1.87 bits per heavy atom.